The summed E-state index contributed by atoms with van der Waals surface area (Å²) in [6.07, 6.45) is 2.12. The Morgan fingerprint density at radius 3 is 2.47 bits per heavy atom. The van der Waals surface area contributed by atoms with Gasteiger partial charge in [0.25, 0.3) is 0 Å². The van der Waals surface area contributed by atoms with Gasteiger partial charge < -0.3 is 5.32 Å². The molecule has 0 saturated carbocycles. The van der Waals surface area contributed by atoms with Crippen LogP contribution in [0.25, 0.3) is 0 Å². The van der Waals surface area contributed by atoms with E-state index >= 15 is 0 Å². The summed E-state index contributed by atoms with van der Waals surface area (Å²) in [4.78, 5) is 11.5. The summed E-state index contributed by atoms with van der Waals surface area (Å²) in [6, 6.07) is 10.3. The summed E-state index contributed by atoms with van der Waals surface area (Å²) >= 11 is 0. The number of hydrogen-bond acceptors (Lipinski definition) is 2. The smallest absolute Gasteiger partial charge is 0.236 e. The molecule has 0 saturated heterocycles. The van der Waals surface area contributed by atoms with Crippen molar-refractivity contribution in [1.29, 1.82) is 0 Å². The summed E-state index contributed by atoms with van der Waals surface area (Å²) in [7, 11) is 1.66. The van der Waals surface area contributed by atoms with Gasteiger partial charge in [0.1, 0.15) is 0 Å². The fourth-order valence-electron chi connectivity index (χ4n) is 1.91. The number of benzene rings is 1. The van der Waals surface area contributed by atoms with Crippen molar-refractivity contribution >= 4 is 5.91 Å². The molecule has 17 heavy (non-hydrogen) atoms. The van der Waals surface area contributed by atoms with Gasteiger partial charge in [-0.2, -0.15) is 0 Å². The van der Waals surface area contributed by atoms with Gasteiger partial charge in [-0.1, -0.05) is 43.7 Å². The van der Waals surface area contributed by atoms with Gasteiger partial charge in [-0.25, -0.2) is 0 Å². The number of nitrogens with one attached hydrogen (secondary N) is 2. The van der Waals surface area contributed by atoms with Crippen molar-refractivity contribution in [3.8, 4) is 0 Å². The van der Waals surface area contributed by atoms with E-state index in [1.54, 1.807) is 7.05 Å². The second-order valence-corrected chi connectivity index (χ2v) is 4.25. The van der Waals surface area contributed by atoms with Crippen molar-refractivity contribution in [3.05, 3.63) is 35.9 Å². The Kier molecular flexibility index (Phi) is 5.70. The average molecular weight is 234 g/mol. The molecule has 0 aliphatic heterocycles. The first-order chi connectivity index (χ1) is 8.19. The minimum absolute atomic E-state index is 0.0297. The molecule has 0 aromatic heterocycles. The van der Waals surface area contributed by atoms with Crippen molar-refractivity contribution in [1.82, 2.24) is 10.6 Å². The highest BCUT2D eigenvalue weighted by Gasteiger charge is 2.17. The van der Waals surface area contributed by atoms with Gasteiger partial charge >= 0.3 is 0 Å². The lowest BCUT2D eigenvalue weighted by Gasteiger charge is -2.22. The lowest BCUT2D eigenvalue weighted by Crippen LogP contribution is -2.42. The average Bonchev–Trinajstić information content (AvgIpc) is 2.38. The summed E-state index contributed by atoms with van der Waals surface area (Å²) in [5.41, 5.74) is 1.24. The van der Waals surface area contributed by atoms with Gasteiger partial charge in [0.2, 0.25) is 5.91 Å². The van der Waals surface area contributed by atoms with Gasteiger partial charge in [-0.15, -0.1) is 0 Å². The monoisotopic (exact) mass is 234 g/mol. The molecular weight excluding hydrogens is 212 g/mol. The Labute approximate surface area is 104 Å². The van der Waals surface area contributed by atoms with Crippen LogP contribution < -0.4 is 10.6 Å². The molecule has 1 aromatic carbocycles. The Morgan fingerprint density at radius 2 is 1.94 bits per heavy atom. The molecule has 0 bridgehead atoms. The van der Waals surface area contributed by atoms with Crippen LogP contribution in [0, 0.1) is 0 Å². The van der Waals surface area contributed by atoms with E-state index in [9.17, 15) is 4.79 Å². The maximum absolute atomic E-state index is 11.5. The Balaban J connectivity index is 2.70. The van der Waals surface area contributed by atoms with Crippen LogP contribution in [0.1, 0.15) is 38.3 Å². The Hall–Kier alpha value is -1.35. The first-order valence-electron chi connectivity index (χ1n) is 6.21. The Morgan fingerprint density at radius 1 is 1.29 bits per heavy atom. The summed E-state index contributed by atoms with van der Waals surface area (Å²) < 4.78 is 0. The molecule has 1 amide bonds. The van der Waals surface area contributed by atoms with Crippen LogP contribution in [0.2, 0.25) is 0 Å². The molecule has 0 radical (unpaired) electrons. The van der Waals surface area contributed by atoms with E-state index in [1.807, 2.05) is 25.1 Å². The molecule has 2 N–H and O–H groups in total. The molecule has 3 nitrogen and oxygen atoms in total. The van der Waals surface area contributed by atoms with E-state index in [2.05, 4.69) is 29.7 Å². The third-order valence-corrected chi connectivity index (χ3v) is 2.87. The van der Waals surface area contributed by atoms with Crippen LogP contribution in [0.5, 0.6) is 0 Å². The molecule has 0 aliphatic rings. The van der Waals surface area contributed by atoms with E-state index in [0.717, 1.165) is 12.8 Å². The van der Waals surface area contributed by atoms with Crippen molar-refractivity contribution < 1.29 is 4.79 Å². The number of rotatable bonds is 6. The predicted octanol–water partition coefficient (Wildman–Crippen LogP) is 2.25. The molecule has 0 aliphatic carbocycles. The highest BCUT2D eigenvalue weighted by Crippen LogP contribution is 2.18. The molecule has 3 heteroatoms. The van der Waals surface area contributed by atoms with Crippen molar-refractivity contribution in [2.75, 3.05) is 7.05 Å². The zero-order valence-corrected chi connectivity index (χ0v) is 10.9. The third kappa shape index (κ3) is 4.19. The highest BCUT2D eigenvalue weighted by atomic mass is 16.2. The topological polar surface area (TPSA) is 41.1 Å². The minimum Gasteiger partial charge on any atom is -0.358 e. The van der Waals surface area contributed by atoms with Crippen LogP contribution in [-0.2, 0) is 4.79 Å². The third-order valence-electron chi connectivity index (χ3n) is 2.87. The normalized spacial score (nSPS) is 14.1. The SMILES string of the molecule is CCCC(NC(C)C(=O)NC)c1ccccc1. The van der Waals surface area contributed by atoms with Crippen LogP contribution in [0.3, 0.4) is 0 Å². The van der Waals surface area contributed by atoms with Crippen LogP contribution in [-0.4, -0.2) is 19.0 Å². The van der Waals surface area contributed by atoms with E-state index < -0.39 is 0 Å². The van der Waals surface area contributed by atoms with E-state index in [0.29, 0.717) is 0 Å². The number of carbonyl (C=O) groups is 1. The first kappa shape index (κ1) is 13.7. The van der Waals surface area contributed by atoms with E-state index in [1.165, 1.54) is 5.56 Å². The van der Waals surface area contributed by atoms with Gasteiger partial charge in [0, 0.05) is 13.1 Å². The largest absolute Gasteiger partial charge is 0.358 e. The molecule has 1 aromatic rings. The highest BCUT2D eigenvalue weighted by molar-refractivity contribution is 5.80. The van der Waals surface area contributed by atoms with Crippen molar-refractivity contribution in [3.63, 3.8) is 0 Å². The lowest BCUT2D eigenvalue weighted by atomic mass is 10.0. The zero-order chi connectivity index (χ0) is 12.7. The number of carbonyl (C=O) groups excluding carboxylic acids is 1. The summed E-state index contributed by atoms with van der Waals surface area (Å²) in [5, 5.41) is 6.04. The molecule has 2 atom stereocenters. The van der Waals surface area contributed by atoms with Gasteiger partial charge in [-0.3, -0.25) is 10.1 Å². The van der Waals surface area contributed by atoms with Crippen LogP contribution in [0.4, 0.5) is 0 Å². The van der Waals surface area contributed by atoms with Crippen molar-refractivity contribution in [2.45, 2.75) is 38.8 Å². The molecule has 0 heterocycles. The van der Waals surface area contributed by atoms with Crippen LogP contribution >= 0.6 is 0 Å². The fraction of sp³-hybridized carbons (Fsp3) is 0.500. The first-order valence-corrected chi connectivity index (χ1v) is 6.21. The number of amides is 1. The fourth-order valence-corrected chi connectivity index (χ4v) is 1.91. The van der Waals surface area contributed by atoms with E-state index in [-0.39, 0.29) is 18.0 Å². The lowest BCUT2D eigenvalue weighted by molar-refractivity contribution is -0.122. The summed E-state index contributed by atoms with van der Waals surface area (Å²) in [6.45, 7) is 4.05. The van der Waals surface area contributed by atoms with Gasteiger partial charge in [0.05, 0.1) is 6.04 Å². The van der Waals surface area contributed by atoms with Gasteiger partial charge in [-0.05, 0) is 18.9 Å². The standard InChI is InChI=1S/C14H22N2O/c1-4-8-13(12-9-6-5-7-10-12)16-11(2)14(17)15-3/h5-7,9-11,13,16H,4,8H2,1-3H3,(H,15,17). The number of hydrogen-bond donors (Lipinski definition) is 2. The maximum Gasteiger partial charge on any atom is 0.236 e. The molecule has 2 unspecified atom stereocenters. The molecule has 94 valence electrons. The van der Waals surface area contributed by atoms with Gasteiger partial charge in [0.15, 0.2) is 0 Å². The molecular formula is C14H22N2O. The van der Waals surface area contributed by atoms with Crippen LogP contribution in [0.15, 0.2) is 30.3 Å². The van der Waals surface area contributed by atoms with E-state index in [4.69, 9.17) is 0 Å². The van der Waals surface area contributed by atoms with Crippen molar-refractivity contribution in [2.24, 2.45) is 0 Å². The zero-order valence-electron chi connectivity index (χ0n) is 10.9. The quantitative estimate of drug-likeness (QED) is 0.792. The maximum atomic E-state index is 11.5. The molecule has 1 rings (SSSR count). The minimum atomic E-state index is -0.170. The number of likely N-dealkylation sites (N-methyl/N-ethyl adjacent to an activating group) is 1. The molecule has 0 fully saturated rings. The second-order valence-electron chi connectivity index (χ2n) is 4.25. The summed E-state index contributed by atoms with van der Waals surface area (Å²) in [5.74, 6) is 0.0297. The Bertz CT molecular complexity index is 337. The molecule has 0 spiro atoms. The second kappa shape index (κ2) is 7.07. The predicted molar refractivity (Wildman–Crippen MR) is 70.8 cm³/mol.